The Morgan fingerprint density at radius 2 is 1.77 bits per heavy atom. The number of aryl methyl sites for hydroxylation is 1. The first-order valence-corrected chi connectivity index (χ1v) is 12.3. The minimum atomic E-state index is 0.210. The zero-order valence-corrected chi connectivity index (χ0v) is 20.8. The van der Waals surface area contributed by atoms with Gasteiger partial charge in [0.2, 0.25) is 0 Å². The fourth-order valence-electron chi connectivity index (χ4n) is 4.35. The van der Waals surface area contributed by atoms with Crippen LogP contribution in [0.1, 0.15) is 18.4 Å². The first-order valence-electron chi connectivity index (χ1n) is 11.6. The molecular weight excluding hydrogens is 485 g/mol. The average molecular weight is 510 g/mol. The number of nitrogens with one attached hydrogen (secondary N) is 1. The maximum Gasteiger partial charge on any atom is 0.295 e. The zero-order valence-electron chi connectivity index (χ0n) is 19.3. The van der Waals surface area contributed by atoms with Crippen molar-refractivity contribution < 1.29 is 9.58 Å². The second-order valence-corrected chi connectivity index (χ2v) is 9.43. The predicted molar refractivity (Wildman–Crippen MR) is 140 cm³/mol. The molecule has 7 nitrogen and oxygen atoms in total. The molecule has 0 unspecified atom stereocenters. The molecule has 1 aromatic heterocycles. The van der Waals surface area contributed by atoms with E-state index < -0.39 is 0 Å². The van der Waals surface area contributed by atoms with Gasteiger partial charge in [-0.1, -0.05) is 29.3 Å². The van der Waals surface area contributed by atoms with Gasteiger partial charge in [0.15, 0.2) is 0 Å². The Hall–Kier alpha value is -3.13. The molecule has 0 radical (unpaired) electrons. The van der Waals surface area contributed by atoms with Crippen molar-refractivity contribution in [2.75, 3.05) is 31.6 Å². The van der Waals surface area contributed by atoms with E-state index in [1.807, 2.05) is 37.3 Å². The topological polar surface area (TPSA) is 77.2 Å². The molecule has 5 rings (SSSR count). The van der Waals surface area contributed by atoms with Crippen molar-refractivity contribution in [2.45, 2.75) is 19.8 Å². The van der Waals surface area contributed by atoms with E-state index >= 15 is 0 Å². The number of aromatic nitrogens is 3. The number of nitrogens with zero attached hydrogens (tertiary/aromatic N) is 4. The number of fused-ring (bicyclic) bond motifs is 1. The SMILES string of the molecule is Cc1cc(-c2c(Cl)cccc2Cl)cc2c1nc(Nc1ccc(OCCN3CCCC3)cc1)n[n+]2[O-]. The van der Waals surface area contributed by atoms with Gasteiger partial charge in [-0.25, -0.2) is 4.98 Å². The van der Waals surface area contributed by atoms with Crippen LogP contribution in [0.2, 0.25) is 10.0 Å². The van der Waals surface area contributed by atoms with E-state index in [0.29, 0.717) is 38.1 Å². The highest BCUT2D eigenvalue weighted by Crippen LogP contribution is 2.36. The minimum absolute atomic E-state index is 0.210. The number of hydrogen-bond donors (Lipinski definition) is 1. The fraction of sp³-hybridized carbons (Fsp3) is 0.269. The molecule has 1 aliphatic rings. The van der Waals surface area contributed by atoms with Crippen LogP contribution in [-0.2, 0) is 0 Å². The van der Waals surface area contributed by atoms with Crippen LogP contribution in [0.5, 0.6) is 5.75 Å². The molecule has 0 spiro atoms. The number of likely N-dealkylation sites (tertiary alicyclic amines) is 1. The van der Waals surface area contributed by atoms with Gasteiger partial charge in [-0.2, -0.15) is 0 Å². The molecule has 1 aliphatic heterocycles. The summed E-state index contributed by atoms with van der Waals surface area (Å²) < 4.78 is 5.86. The van der Waals surface area contributed by atoms with Gasteiger partial charge >= 0.3 is 0 Å². The summed E-state index contributed by atoms with van der Waals surface area (Å²) in [4.78, 5) is 7.57. The highest BCUT2D eigenvalue weighted by Gasteiger charge is 2.18. The second-order valence-electron chi connectivity index (χ2n) is 8.61. The van der Waals surface area contributed by atoms with Crippen LogP contribution in [0, 0.1) is 12.1 Å². The van der Waals surface area contributed by atoms with Gasteiger partial charge < -0.3 is 15.3 Å². The molecule has 35 heavy (non-hydrogen) atoms. The number of halogens is 2. The third kappa shape index (κ3) is 5.27. The van der Waals surface area contributed by atoms with E-state index in [1.165, 1.54) is 12.8 Å². The lowest BCUT2D eigenvalue weighted by Gasteiger charge is -2.15. The van der Waals surface area contributed by atoms with Gasteiger partial charge in [0.05, 0.1) is 5.10 Å². The number of benzene rings is 3. The molecular formula is C26H25Cl2N5O2. The van der Waals surface area contributed by atoms with Crippen molar-refractivity contribution in [1.82, 2.24) is 15.0 Å². The Morgan fingerprint density at radius 3 is 2.49 bits per heavy atom. The van der Waals surface area contributed by atoms with Gasteiger partial charge in [0, 0.05) is 33.9 Å². The molecule has 9 heteroatoms. The Labute approximate surface area is 213 Å². The smallest absolute Gasteiger partial charge is 0.295 e. The van der Waals surface area contributed by atoms with Crippen molar-refractivity contribution in [1.29, 1.82) is 0 Å². The molecule has 1 N–H and O–H groups in total. The van der Waals surface area contributed by atoms with Crippen LogP contribution < -0.4 is 14.9 Å². The van der Waals surface area contributed by atoms with E-state index in [1.54, 1.807) is 24.3 Å². The zero-order chi connectivity index (χ0) is 24.4. The Morgan fingerprint density at radius 1 is 1.06 bits per heavy atom. The predicted octanol–water partition coefficient (Wildman–Crippen LogP) is 5.76. The summed E-state index contributed by atoms with van der Waals surface area (Å²) in [6, 6.07) is 16.5. The minimum Gasteiger partial charge on any atom is -0.594 e. The largest absolute Gasteiger partial charge is 0.594 e. The highest BCUT2D eigenvalue weighted by atomic mass is 35.5. The summed E-state index contributed by atoms with van der Waals surface area (Å²) in [6.45, 7) is 5.82. The normalized spacial score (nSPS) is 13.9. The summed E-state index contributed by atoms with van der Waals surface area (Å²) in [6.07, 6.45) is 2.55. The lowest BCUT2D eigenvalue weighted by atomic mass is 10.0. The Balaban J connectivity index is 1.33. The van der Waals surface area contributed by atoms with E-state index in [9.17, 15) is 5.21 Å². The lowest BCUT2D eigenvalue weighted by molar-refractivity contribution is -0.641. The number of anilines is 2. The monoisotopic (exact) mass is 509 g/mol. The summed E-state index contributed by atoms with van der Waals surface area (Å²) >= 11 is 12.7. The van der Waals surface area contributed by atoms with E-state index in [4.69, 9.17) is 27.9 Å². The van der Waals surface area contributed by atoms with Gasteiger partial charge in [0.25, 0.3) is 11.5 Å². The maximum atomic E-state index is 12.8. The maximum absolute atomic E-state index is 12.8. The third-order valence-electron chi connectivity index (χ3n) is 6.13. The number of ether oxygens (including phenoxy) is 1. The molecule has 1 saturated heterocycles. The summed E-state index contributed by atoms with van der Waals surface area (Å²) in [5.41, 5.74) is 3.86. The van der Waals surface area contributed by atoms with E-state index in [-0.39, 0.29) is 5.95 Å². The molecule has 180 valence electrons. The summed E-state index contributed by atoms with van der Waals surface area (Å²) in [7, 11) is 0. The molecule has 4 aromatic rings. The third-order valence-corrected chi connectivity index (χ3v) is 6.76. The van der Waals surface area contributed by atoms with Crippen molar-refractivity contribution in [3.8, 4) is 16.9 Å². The van der Waals surface area contributed by atoms with Gasteiger partial charge in [-0.3, -0.25) is 4.90 Å². The standard InChI is InChI=1S/C26H25Cl2N5O2/c1-17-15-18(24-21(27)5-4-6-22(24)28)16-23-25(17)30-26(31-33(23)34)29-19-7-9-20(10-8-19)35-14-13-32-11-2-3-12-32/h4-10,15-16H,2-3,11-14H2,1H3,(H,29,30,31). The van der Waals surface area contributed by atoms with Crippen LogP contribution in [0.4, 0.5) is 11.6 Å². The Kier molecular flexibility index (Phi) is 6.90. The van der Waals surface area contributed by atoms with Crippen LogP contribution in [0.15, 0.2) is 54.6 Å². The van der Waals surface area contributed by atoms with Crippen molar-refractivity contribution in [3.05, 3.63) is 75.4 Å². The summed E-state index contributed by atoms with van der Waals surface area (Å²) in [5, 5.41) is 21.0. The number of rotatable bonds is 7. The Bertz CT molecular complexity index is 1340. The van der Waals surface area contributed by atoms with Gasteiger partial charge in [-0.15, -0.1) is 0 Å². The van der Waals surface area contributed by atoms with Gasteiger partial charge in [-0.05, 0) is 91.3 Å². The highest BCUT2D eigenvalue weighted by molar-refractivity contribution is 6.39. The first kappa shape index (κ1) is 23.6. The molecule has 0 aliphatic carbocycles. The molecule has 0 amide bonds. The van der Waals surface area contributed by atoms with Gasteiger partial charge in [0.1, 0.15) is 17.9 Å². The van der Waals surface area contributed by atoms with Crippen LogP contribution >= 0.6 is 23.2 Å². The molecule has 2 heterocycles. The molecule has 0 bridgehead atoms. The van der Waals surface area contributed by atoms with Crippen LogP contribution in [-0.4, -0.2) is 41.2 Å². The van der Waals surface area contributed by atoms with Crippen molar-refractivity contribution in [3.63, 3.8) is 0 Å². The molecule has 1 fully saturated rings. The van der Waals surface area contributed by atoms with Crippen LogP contribution in [0.25, 0.3) is 22.2 Å². The van der Waals surface area contributed by atoms with E-state index in [0.717, 1.165) is 42.2 Å². The molecule has 0 atom stereocenters. The van der Waals surface area contributed by atoms with Crippen LogP contribution in [0.3, 0.4) is 0 Å². The second kappa shape index (κ2) is 10.2. The molecule has 3 aromatic carbocycles. The molecule has 0 saturated carbocycles. The van der Waals surface area contributed by atoms with E-state index in [2.05, 4.69) is 20.3 Å². The van der Waals surface area contributed by atoms with Crippen molar-refractivity contribution in [2.24, 2.45) is 0 Å². The first-order chi connectivity index (χ1) is 17.0. The van der Waals surface area contributed by atoms with Crippen molar-refractivity contribution >= 4 is 45.9 Å². The quantitative estimate of drug-likeness (QED) is 0.252. The lowest BCUT2D eigenvalue weighted by Crippen LogP contribution is -2.33. The fourth-order valence-corrected chi connectivity index (χ4v) is 4.97. The average Bonchev–Trinajstić information content (AvgIpc) is 3.35. The summed E-state index contributed by atoms with van der Waals surface area (Å²) in [5.74, 6) is 1.01. The number of hydrogen-bond acceptors (Lipinski definition) is 6.